The highest BCUT2D eigenvalue weighted by molar-refractivity contribution is 6.01. The fraction of sp³-hybridized carbons (Fsp3) is 0.345. The third kappa shape index (κ3) is 5.74. The molecule has 8 nitrogen and oxygen atoms in total. The summed E-state index contributed by atoms with van der Waals surface area (Å²) in [6.07, 6.45) is 0.411. The Bertz CT molecular complexity index is 1390. The summed E-state index contributed by atoms with van der Waals surface area (Å²) in [6.45, 7) is 10.9. The number of benzene rings is 2. The number of alkyl halides is 3. The normalized spacial score (nSPS) is 18.1. The summed E-state index contributed by atoms with van der Waals surface area (Å²) in [5, 5.41) is 5.88. The van der Waals surface area contributed by atoms with Crippen LogP contribution in [0.5, 0.6) is 0 Å². The first-order chi connectivity index (χ1) is 19.1. The van der Waals surface area contributed by atoms with Crippen molar-refractivity contribution < 1.29 is 18.0 Å². The molecule has 1 saturated heterocycles. The summed E-state index contributed by atoms with van der Waals surface area (Å²) in [6, 6.07) is 10.3. The van der Waals surface area contributed by atoms with Crippen molar-refractivity contribution in [1.29, 1.82) is 0 Å². The Hall–Kier alpha value is -4.12. The molecule has 2 aromatic carbocycles. The standard InChI is InChI=1S/C29H32F3N7O/c1-19(2)37-10-12-38(13-11-37)25-7-5-22(15-24(25)29(30,31)32)36-27-18-39(9-8-33-3)26(17-34-27)20-4-6-23-21(14-20)16-35-28(23)40/h4-9,14-15,17,19H,3,10-13,16,18H2,1-2H3,(H,34,36)(H,35,40)/b9-8-. The molecule has 0 atom stereocenters. The van der Waals surface area contributed by atoms with E-state index in [9.17, 15) is 18.0 Å². The lowest BCUT2D eigenvalue weighted by molar-refractivity contribution is -0.137. The maximum absolute atomic E-state index is 14.2. The van der Waals surface area contributed by atoms with Gasteiger partial charge in [-0.1, -0.05) is 6.07 Å². The molecule has 0 saturated carbocycles. The van der Waals surface area contributed by atoms with Gasteiger partial charge in [-0.25, -0.2) is 4.99 Å². The van der Waals surface area contributed by atoms with Crippen molar-refractivity contribution >= 4 is 35.5 Å². The van der Waals surface area contributed by atoms with Crippen LogP contribution in [0.2, 0.25) is 0 Å². The van der Waals surface area contributed by atoms with Gasteiger partial charge < -0.3 is 20.4 Å². The number of nitrogens with zero attached hydrogens (tertiary/aromatic N) is 5. The lowest BCUT2D eigenvalue weighted by Crippen LogP contribution is -2.49. The minimum Gasteiger partial charge on any atom is -0.368 e. The van der Waals surface area contributed by atoms with Crippen LogP contribution in [0, 0.1) is 0 Å². The van der Waals surface area contributed by atoms with Gasteiger partial charge in [0.15, 0.2) is 0 Å². The molecule has 11 heteroatoms. The summed E-state index contributed by atoms with van der Waals surface area (Å²) in [7, 11) is 0. The predicted molar refractivity (Wildman–Crippen MR) is 152 cm³/mol. The molecule has 3 aliphatic rings. The van der Waals surface area contributed by atoms with Crippen LogP contribution in [0.1, 0.15) is 40.9 Å². The van der Waals surface area contributed by atoms with Gasteiger partial charge in [-0.05, 0) is 56.5 Å². The van der Waals surface area contributed by atoms with E-state index in [-0.39, 0.29) is 18.1 Å². The van der Waals surface area contributed by atoms with Crippen LogP contribution >= 0.6 is 0 Å². The SMILES string of the molecule is C=N/C=C\N1CC(Nc2ccc(N3CCN(C(C)C)CC3)c(C(F)(F)F)c2)=NC=C1c1ccc2c(c1)CNC2=O. The van der Waals surface area contributed by atoms with Crippen molar-refractivity contribution in [2.45, 2.75) is 32.6 Å². The number of halogens is 3. The summed E-state index contributed by atoms with van der Waals surface area (Å²) in [4.78, 5) is 26.2. The lowest BCUT2D eigenvalue weighted by atomic mass is 10.0. The van der Waals surface area contributed by atoms with Crippen molar-refractivity contribution in [3.8, 4) is 0 Å². The average molecular weight is 552 g/mol. The molecule has 0 radical (unpaired) electrons. The molecule has 1 fully saturated rings. The summed E-state index contributed by atoms with van der Waals surface area (Å²) in [5.74, 6) is 0.375. The van der Waals surface area contributed by atoms with E-state index in [1.807, 2.05) is 21.9 Å². The Morgan fingerprint density at radius 2 is 1.90 bits per heavy atom. The van der Waals surface area contributed by atoms with Crippen LogP contribution in [-0.2, 0) is 12.7 Å². The van der Waals surface area contributed by atoms with E-state index in [2.05, 4.69) is 46.1 Å². The van der Waals surface area contributed by atoms with Crippen LogP contribution in [0.25, 0.3) is 5.70 Å². The van der Waals surface area contributed by atoms with E-state index in [0.29, 0.717) is 42.8 Å². The van der Waals surface area contributed by atoms with E-state index < -0.39 is 11.7 Å². The van der Waals surface area contributed by atoms with Gasteiger partial charge >= 0.3 is 6.18 Å². The molecular weight excluding hydrogens is 519 g/mol. The molecule has 0 spiro atoms. The third-order valence-electron chi connectivity index (χ3n) is 7.39. The van der Waals surface area contributed by atoms with Gasteiger partial charge in [-0.15, -0.1) is 0 Å². The molecule has 3 aliphatic heterocycles. The molecule has 0 aliphatic carbocycles. The minimum atomic E-state index is -4.50. The molecule has 40 heavy (non-hydrogen) atoms. The predicted octanol–water partition coefficient (Wildman–Crippen LogP) is 4.78. The van der Waals surface area contributed by atoms with E-state index in [1.165, 1.54) is 6.20 Å². The van der Waals surface area contributed by atoms with E-state index >= 15 is 0 Å². The zero-order valence-corrected chi connectivity index (χ0v) is 22.5. The van der Waals surface area contributed by atoms with E-state index in [1.54, 1.807) is 30.6 Å². The van der Waals surface area contributed by atoms with Gasteiger partial charge in [0.2, 0.25) is 0 Å². The van der Waals surface area contributed by atoms with Gasteiger partial charge in [0.05, 0.1) is 24.0 Å². The Morgan fingerprint density at radius 3 is 2.60 bits per heavy atom. The number of amidine groups is 1. The largest absolute Gasteiger partial charge is 0.418 e. The van der Waals surface area contributed by atoms with Crippen LogP contribution in [0.15, 0.2) is 65.0 Å². The summed E-state index contributed by atoms with van der Waals surface area (Å²) >= 11 is 0. The Morgan fingerprint density at radius 1 is 1.12 bits per heavy atom. The number of carbonyl (C=O) groups is 1. The molecule has 3 heterocycles. The number of nitrogens with one attached hydrogen (secondary N) is 2. The second kappa shape index (κ2) is 11.2. The Balaban J connectivity index is 1.39. The highest BCUT2D eigenvalue weighted by Gasteiger charge is 2.36. The fourth-order valence-electron chi connectivity index (χ4n) is 5.23. The second-order valence-corrected chi connectivity index (χ2v) is 10.2. The zero-order chi connectivity index (χ0) is 28.4. The number of amides is 1. The zero-order valence-electron chi connectivity index (χ0n) is 22.5. The van der Waals surface area contributed by atoms with Gasteiger partial charge in [-0.3, -0.25) is 14.7 Å². The Labute approximate surface area is 231 Å². The van der Waals surface area contributed by atoms with Crippen molar-refractivity contribution in [2.75, 3.05) is 42.9 Å². The first-order valence-electron chi connectivity index (χ1n) is 13.2. The molecule has 1 amide bonds. The quantitative estimate of drug-likeness (QED) is 0.506. The highest BCUT2D eigenvalue weighted by atomic mass is 19.4. The number of carbonyl (C=O) groups excluding carboxylic acids is 1. The average Bonchev–Trinajstić information content (AvgIpc) is 3.31. The highest BCUT2D eigenvalue weighted by Crippen LogP contribution is 2.39. The molecule has 210 valence electrons. The van der Waals surface area contributed by atoms with Crippen LogP contribution < -0.4 is 15.5 Å². The number of aliphatic imine (C=N–C) groups is 2. The van der Waals surface area contributed by atoms with Gasteiger partial charge in [0.1, 0.15) is 5.84 Å². The molecule has 2 aromatic rings. The van der Waals surface area contributed by atoms with Crippen LogP contribution in [-0.4, -0.2) is 67.0 Å². The molecule has 2 N–H and O–H groups in total. The van der Waals surface area contributed by atoms with Gasteiger partial charge in [0.25, 0.3) is 5.91 Å². The summed E-state index contributed by atoms with van der Waals surface area (Å²) < 4.78 is 42.5. The lowest BCUT2D eigenvalue weighted by Gasteiger charge is -2.39. The van der Waals surface area contributed by atoms with Crippen LogP contribution in [0.3, 0.4) is 0 Å². The van der Waals surface area contributed by atoms with Crippen molar-refractivity contribution in [2.24, 2.45) is 9.98 Å². The van der Waals surface area contributed by atoms with Gasteiger partial charge in [0, 0.05) is 73.7 Å². The number of hydrogen-bond acceptors (Lipinski definition) is 7. The monoisotopic (exact) mass is 551 g/mol. The van der Waals surface area contributed by atoms with Crippen LogP contribution in [0.4, 0.5) is 24.5 Å². The minimum absolute atomic E-state index is 0.0987. The smallest absolute Gasteiger partial charge is 0.368 e. The maximum atomic E-state index is 14.2. The van der Waals surface area contributed by atoms with E-state index in [4.69, 9.17) is 0 Å². The number of rotatable bonds is 6. The van der Waals surface area contributed by atoms with Crippen molar-refractivity contribution in [3.05, 3.63) is 77.3 Å². The summed E-state index contributed by atoms with van der Waals surface area (Å²) in [5.41, 5.74) is 2.99. The first kappa shape index (κ1) is 27.4. The maximum Gasteiger partial charge on any atom is 0.418 e. The number of anilines is 2. The topological polar surface area (TPSA) is 75.6 Å². The number of hydrogen-bond donors (Lipinski definition) is 2. The second-order valence-electron chi connectivity index (χ2n) is 10.2. The molecule has 5 rings (SSSR count). The molecule has 0 unspecified atom stereocenters. The number of fused-ring (bicyclic) bond motifs is 1. The van der Waals surface area contributed by atoms with Crippen molar-refractivity contribution in [1.82, 2.24) is 15.1 Å². The first-order valence-corrected chi connectivity index (χ1v) is 13.2. The number of piperazine rings is 1. The molecule has 0 bridgehead atoms. The van der Waals surface area contributed by atoms with E-state index in [0.717, 1.165) is 36.0 Å². The fourth-order valence-corrected chi connectivity index (χ4v) is 5.23. The Kier molecular flexibility index (Phi) is 7.66. The molecular formula is C29H32F3N7O. The van der Waals surface area contributed by atoms with Crippen molar-refractivity contribution in [3.63, 3.8) is 0 Å². The van der Waals surface area contributed by atoms with Gasteiger partial charge in [-0.2, -0.15) is 13.2 Å². The third-order valence-corrected chi connectivity index (χ3v) is 7.39. The molecule has 0 aromatic heterocycles.